The van der Waals surface area contributed by atoms with Crippen LogP contribution in [0.4, 0.5) is 0 Å². The van der Waals surface area contributed by atoms with Crippen molar-refractivity contribution in [2.24, 2.45) is 0 Å². The van der Waals surface area contributed by atoms with E-state index in [9.17, 15) is 9.59 Å². The van der Waals surface area contributed by atoms with Gasteiger partial charge in [0.1, 0.15) is 5.75 Å². The number of carboxylic acids is 1. The highest BCUT2D eigenvalue weighted by Gasteiger charge is 2.17. The Bertz CT molecular complexity index is 803. The fourth-order valence-corrected chi connectivity index (χ4v) is 2.68. The van der Waals surface area contributed by atoms with Gasteiger partial charge in [0, 0.05) is 5.56 Å². The first-order chi connectivity index (χ1) is 13.5. The van der Waals surface area contributed by atoms with E-state index in [4.69, 9.17) is 19.3 Å². The van der Waals surface area contributed by atoms with Gasteiger partial charge >= 0.3 is 5.97 Å². The number of carboxylic acid groups (broad SMARTS) is 1. The van der Waals surface area contributed by atoms with E-state index < -0.39 is 12.6 Å². The van der Waals surface area contributed by atoms with E-state index in [0.29, 0.717) is 17.9 Å². The third-order valence-electron chi connectivity index (χ3n) is 4.09. The molecule has 7 nitrogen and oxygen atoms in total. The van der Waals surface area contributed by atoms with Crippen LogP contribution in [0.1, 0.15) is 42.2 Å². The third-order valence-corrected chi connectivity index (χ3v) is 4.09. The summed E-state index contributed by atoms with van der Waals surface area (Å²) in [6, 6.07) is 12.1. The van der Waals surface area contributed by atoms with E-state index in [2.05, 4.69) is 5.32 Å². The number of aliphatic carboxylic acids is 1. The van der Waals surface area contributed by atoms with Crippen LogP contribution >= 0.6 is 0 Å². The number of hydrogen-bond donors (Lipinski definition) is 2. The number of rotatable bonds is 10. The Balaban J connectivity index is 2.16. The van der Waals surface area contributed by atoms with Crippen LogP contribution in [0.2, 0.25) is 0 Å². The summed E-state index contributed by atoms with van der Waals surface area (Å²) in [4.78, 5) is 23.4. The van der Waals surface area contributed by atoms with Crippen molar-refractivity contribution < 1.29 is 28.9 Å². The summed E-state index contributed by atoms with van der Waals surface area (Å²) < 4.78 is 15.9. The summed E-state index contributed by atoms with van der Waals surface area (Å²) in [6.07, 6.45) is 0.718. The Kier molecular flexibility index (Phi) is 7.68. The molecule has 0 bridgehead atoms. The van der Waals surface area contributed by atoms with Crippen LogP contribution in [0.25, 0.3) is 0 Å². The van der Waals surface area contributed by atoms with Crippen molar-refractivity contribution >= 4 is 11.9 Å². The van der Waals surface area contributed by atoms with Gasteiger partial charge in [-0.2, -0.15) is 0 Å². The highest BCUT2D eigenvalue weighted by molar-refractivity contribution is 5.95. The molecular weight excluding hydrogens is 362 g/mol. The van der Waals surface area contributed by atoms with E-state index in [1.165, 1.54) is 6.07 Å². The molecule has 0 fully saturated rings. The Morgan fingerprint density at radius 3 is 2.32 bits per heavy atom. The van der Waals surface area contributed by atoms with Gasteiger partial charge < -0.3 is 24.6 Å². The van der Waals surface area contributed by atoms with Crippen LogP contribution in [0, 0.1) is 0 Å². The molecule has 2 N–H and O–H groups in total. The van der Waals surface area contributed by atoms with Gasteiger partial charge in [0.2, 0.25) is 0 Å². The zero-order valence-electron chi connectivity index (χ0n) is 16.2. The summed E-state index contributed by atoms with van der Waals surface area (Å²) in [5.41, 5.74) is 1.38. The number of amides is 1. The monoisotopic (exact) mass is 387 g/mol. The molecule has 0 heterocycles. The smallest absolute Gasteiger partial charge is 0.341 e. The highest BCUT2D eigenvalue weighted by atomic mass is 16.5. The van der Waals surface area contributed by atoms with Crippen LogP contribution in [-0.2, 0) is 4.79 Å². The van der Waals surface area contributed by atoms with E-state index >= 15 is 0 Å². The van der Waals surface area contributed by atoms with Gasteiger partial charge in [-0.1, -0.05) is 19.1 Å². The molecule has 0 aliphatic rings. The molecule has 0 saturated carbocycles. The molecule has 2 aromatic rings. The number of ether oxygens (including phenoxy) is 3. The average molecular weight is 387 g/mol. The van der Waals surface area contributed by atoms with Crippen LogP contribution < -0.4 is 19.5 Å². The maximum Gasteiger partial charge on any atom is 0.341 e. The van der Waals surface area contributed by atoms with Gasteiger partial charge in [-0.05, 0) is 49.2 Å². The molecule has 2 rings (SSSR count). The minimum atomic E-state index is -1.09. The van der Waals surface area contributed by atoms with Crippen molar-refractivity contribution in [1.82, 2.24) is 5.32 Å². The van der Waals surface area contributed by atoms with Gasteiger partial charge in [-0.15, -0.1) is 0 Å². The van der Waals surface area contributed by atoms with Gasteiger partial charge in [-0.3, -0.25) is 4.79 Å². The number of carbonyl (C=O) groups is 2. The zero-order valence-corrected chi connectivity index (χ0v) is 16.2. The number of methoxy groups -OCH3 is 1. The number of benzene rings is 2. The molecule has 1 amide bonds. The normalized spacial score (nSPS) is 11.4. The lowest BCUT2D eigenvalue weighted by molar-refractivity contribution is -0.139. The molecule has 0 radical (unpaired) electrons. The largest absolute Gasteiger partial charge is 0.497 e. The number of hydrogen-bond acceptors (Lipinski definition) is 5. The van der Waals surface area contributed by atoms with Crippen LogP contribution in [0.5, 0.6) is 17.2 Å². The molecule has 0 saturated heterocycles. The second-order valence-corrected chi connectivity index (χ2v) is 5.98. The summed E-state index contributed by atoms with van der Waals surface area (Å²) in [7, 11) is 1.61. The lowest BCUT2D eigenvalue weighted by Gasteiger charge is -2.18. The van der Waals surface area contributed by atoms with Crippen molar-refractivity contribution in [2.45, 2.75) is 26.3 Å². The summed E-state index contributed by atoms with van der Waals surface area (Å²) >= 11 is 0. The summed E-state index contributed by atoms with van der Waals surface area (Å²) in [6.45, 7) is 3.66. The van der Waals surface area contributed by atoms with Crippen molar-refractivity contribution in [3.05, 3.63) is 53.6 Å². The third kappa shape index (κ3) is 5.64. The SMILES string of the molecule is CCOc1cc(C(=O)NC(CC)c2ccc(OC)cc2)ccc1OCC(=O)O. The van der Waals surface area contributed by atoms with Gasteiger partial charge in [0.15, 0.2) is 18.1 Å². The van der Waals surface area contributed by atoms with E-state index in [1.54, 1.807) is 26.2 Å². The molecule has 0 aliphatic carbocycles. The first-order valence-electron chi connectivity index (χ1n) is 9.04. The standard InChI is InChI=1S/C21H25NO6/c1-4-17(14-6-9-16(26-3)10-7-14)22-21(25)15-8-11-18(28-13-20(23)24)19(12-15)27-5-2/h6-12,17H,4-5,13H2,1-3H3,(H,22,25)(H,23,24). The first kappa shape index (κ1) is 21.1. The van der Waals surface area contributed by atoms with Gasteiger partial charge in [0.05, 0.1) is 19.8 Å². The van der Waals surface area contributed by atoms with Crippen LogP contribution in [-0.4, -0.2) is 37.3 Å². The molecule has 28 heavy (non-hydrogen) atoms. The van der Waals surface area contributed by atoms with Gasteiger partial charge in [0.25, 0.3) is 5.91 Å². The van der Waals surface area contributed by atoms with Crippen molar-refractivity contribution in [3.63, 3.8) is 0 Å². The quantitative estimate of drug-likeness (QED) is 0.649. The Labute approximate surface area is 164 Å². The minimum absolute atomic E-state index is 0.156. The second-order valence-electron chi connectivity index (χ2n) is 5.98. The molecule has 0 spiro atoms. The lowest BCUT2D eigenvalue weighted by Crippen LogP contribution is -2.28. The zero-order chi connectivity index (χ0) is 20.5. The molecule has 0 aromatic heterocycles. The van der Waals surface area contributed by atoms with Crippen molar-refractivity contribution in [3.8, 4) is 17.2 Å². The number of carbonyl (C=O) groups excluding carboxylic acids is 1. The fraction of sp³-hybridized carbons (Fsp3) is 0.333. The van der Waals surface area contributed by atoms with Gasteiger partial charge in [-0.25, -0.2) is 4.79 Å². The van der Waals surface area contributed by atoms with Crippen LogP contribution in [0.15, 0.2) is 42.5 Å². The molecule has 1 atom stereocenters. The molecule has 1 unspecified atom stereocenters. The van der Waals surface area contributed by atoms with Crippen molar-refractivity contribution in [1.29, 1.82) is 0 Å². The highest BCUT2D eigenvalue weighted by Crippen LogP contribution is 2.29. The van der Waals surface area contributed by atoms with E-state index in [-0.39, 0.29) is 17.7 Å². The molecule has 2 aromatic carbocycles. The number of nitrogens with one attached hydrogen (secondary N) is 1. The summed E-state index contributed by atoms with van der Waals surface area (Å²) in [5.74, 6) is 0.0167. The first-order valence-corrected chi connectivity index (χ1v) is 9.04. The maximum absolute atomic E-state index is 12.7. The summed E-state index contributed by atoms with van der Waals surface area (Å²) in [5, 5.41) is 11.8. The lowest BCUT2D eigenvalue weighted by atomic mass is 10.0. The second kappa shape index (κ2) is 10.2. The molecule has 150 valence electrons. The average Bonchev–Trinajstić information content (AvgIpc) is 2.71. The molecule has 7 heteroatoms. The molecule has 0 aliphatic heterocycles. The van der Waals surface area contributed by atoms with Crippen molar-refractivity contribution in [2.75, 3.05) is 20.3 Å². The van der Waals surface area contributed by atoms with E-state index in [1.807, 2.05) is 31.2 Å². The Morgan fingerprint density at radius 1 is 1.04 bits per heavy atom. The predicted molar refractivity (Wildman–Crippen MR) is 104 cm³/mol. The Morgan fingerprint density at radius 2 is 1.75 bits per heavy atom. The minimum Gasteiger partial charge on any atom is -0.497 e. The maximum atomic E-state index is 12.7. The van der Waals surface area contributed by atoms with E-state index in [0.717, 1.165) is 17.7 Å². The fourth-order valence-electron chi connectivity index (χ4n) is 2.68. The molecular formula is C21H25NO6. The predicted octanol–water partition coefficient (Wildman–Crippen LogP) is 3.44. The Hall–Kier alpha value is -3.22. The topological polar surface area (TPSA) is 94.1 Å². The van der Waals surface area contributed by atoms with Crippen LogP contribution in [0.3, 0.4) is 0 Å².